The maximum absolute atomic E-state index is 8.44. The Morgan fingerprint density at radius 1 is 1.29 bits per heavy atom. The first-order valence-corrected chi connectivity index (χ1v) is 7.95. The topological polar surface area (TPSA) is 138 Å². The van der Waals surface area contributed by atoms with Gasteiger partial charge in [0.1, 0.15) is 6.08 Å². The van der Waals surface area contributed by atoms with Crippen molar-refractivity contribution in [3.05, 3.63) is 33.0 Å². The fourth-order valence-corrected chi connectivity index (χ4v) is 1.77. The van der Waals surface area contributed by atoms with E-state index in [1.165, 1.54) is 13.0 Å². The van der Waals surface area contributed by atoms with Crippen LogP contribution in [0.15, 0.2) is 17.2 Å². The zero-order valence-electron chi connectivity index (χ0n) is 13.9. The average molecular weight is 433 g/mol. The van der Waals surface area contributed by atoms with E-state index in [2.05, 4.69) is 10.2 Å². The summed E-state index contributed by atoms with van der Waals surface area (Å²) in [7, 11) is 0. The van der Waals surface area contributed by atoms with Crippen LogP contribution in [0.3, 0.4) is 0 Å². The first-order valence-electron chi connectivity index (χ1n) is 6.89. The summed E-state index contributed by atoms with van der Waals surface area (Å²) in [5.41, 5.74) is 6.90. The van der Waals surface area contributed by atoms with E-state index in [1.54, 1.807) is 6.92 Å². The van der Waals surface area contributed by atoms with Crippen LogP contribution in [0.1, 0.15) is 13.8 Å². The fraction of sp³-hybridized carbons (Fsp3) is 0.769. The quantitative estimate of drug-likeness (QED) is 0.0996. The summed E-state index contributed by atoms with van der Waals surface area (Å²) >= 11 is 11.3. The number of alkyl halides is 2. The zero-order chi connectivity index (χ0) is 18.5. The van der Waals surface area contributed by atoms with Crippen molar-refractivity contribution in [2.75, 3.05) is 51.0 Å². The third-order valence-electron chi connectivity index (χ3n) is 2.07. The van der Waals surface area contributed by atoms with Gasteiger partial charge in [0.25, 0.3) is 0 Å². The maximum Gasteiger partial charge on any atom is 2.00 e. The smallest absolute Gasteiger partial charge is 0.679 e. The largest absolute Gasteiger partial charge is 2.00 e. The van der Waals surface area contributed by atoms with Crippen LogP contribution >= 0.6 is 23.2 Å². The molecule has 0 aromatic heterocycles. The Morgan fingerprint density at radius 2 is 1.75 bits per heavy atom. The van der Waals surface area contributed by atoms with E-state index in [1.807, 2.05) is 0 Å². The molecule has 0 atom stereocenters. The molecule has 0 fully saturated rings. The van der Waals surface area contributed by atoms with Gasteiger partial charge in [0.05, 0.1) is 6.92 Å². The van der Waals surface area contributed by atoms with E-state index < -0.39 is 0 Å². The summed E-state index contributed by atoms with van der Waals surface area (Å²) in [6, 6.07) is 0. The van der Waals surface area contributed by atoms with E-state index in [-0.39, 0.29) is 22.6 Å². The Balaban J connectivity index is -0.000000154. The van der Waals surface area contributed by atoms with E-state index in [0.29, 0.717) is 30.6 Å². The number of rotatable bonds is 10. The molecule has 8 nitrogen and oxygen atoms in total. The molecular weight excluding hydrogens is 406 g/mol. The third-order valence-corrected chi connectivity index (χ3v) is 2.41. The minimum absolute atomic E-state index is 0. The van der Waals surface area contributed by atoms with Crippen molar-refractivity contribution in [2.24, 2.45) is 5.34 Å². The second-order valence-electron chi connectivity index (χ2n) is 4.18. The van der Waals surface area contributed by atoms with Gasteiger partial charge in [0.15, 0.2) is 0 Å². The number of nitrogens with one attached hydrogen (secondary N) is 1. The summed E-state index contributed by atoms with van der Waals surface area (Å²) in [5, 5.41) is 20.0. The number of halogens is 2. The number of hydrogen-bond acceptors (Lipinski definition) is 4. The molecule has 4 N–H and O–H groups in total. The van der Waals surface area contributed by atoms with Crippen LogP contribution in [0.2, 0.25) is 0 Å². The van der Waals surface area contributed by atoms with Gasteiger partial charge < -0.3 is 31.2 Å². The van der Waals surface area contributed by atoms with Crippen LogP contribution < -0.4 is 0 Å². The number of ketones is 1. The first kappa shape index (κ1) is 31.4. The van der Waals surface area contributed by atoms with E-state index in [9.17, 15) is 0 Å². The van der Waals surface area contributed by atoms with Gasteiger partial charge in [0, 0.05) is 31.8 Å². The predicted molar refractivity (Wildman–Crippen MR) is 99.3 cm³/mol. The summed E-state index contributed by atoms with van der Waals surface area (Å²) in [5.74, 6) is 1.83. The van der Waals surface area contributed by atoms with E-state index >= 15 is 0 Å². The Labute approximate surface area is 163 Å². The van der Waals surface area contributed by atoms with Gasteiger partial charge in [-0.3, -0.25) is 4.79 Å². The molecule has 0 aliphatic carbocycles. The Morgan fingerprint density at radius 3 is 2.00 bits per heavy atom. The number of carbonyl (C=O) groups excluding carboxylic acids is 1. The molecule has 0 aliphatic heterocycles. The molecule has 0 bridgehead atoms. The molecule has 145 valence electrons. The Bertz CT molecular complexity index is 304. The van der Waals surface area contributed by atoms with Gasteiger partial charge in [-0.1, -0.05) is 0 Å². The molecule has 0 aromatic rings. The van der Waals surface area contributed by atoms with Gasteiger partial charge in [-0.2, -0.15) is 13.1 Å². The van der Waals surface area contributed by atoms with E-state index in [0.717, 1.165) is 31.5 Å². The SMILES string of the molecule is CC(=[OH+])C=C(C)[OH2+].O=N[O-].[Co+2].[NH-]CC[N-]CCN(CCCl)CCCl. The van der Waals surface area contributed by atoms with Crippen molar-refractivity contribution < 1.29 is 26.7 Å². The van der Waals surface area contributed by atoms with Crippen LogP contribution in [0.25, 0.3) is 11.1 Å². The van der Waals surface area contributed by atoms with Gasteiger partial charge in [0.2, 0.25) is 5.76 Å². The molecular formula is C13H27Cl2CoN4O4+. The van der Waals surface area contributed by atoms with Crippen LogP contribution in [-0.4, -0.2) is 71.6 Å². The molecule has 0 aliphatic rings. The molecule has 1 radical (unpaired) electrons. The summed E-state index contributed by atoms with van der Waals surface area (Å²) in [4.78, 5) is 18.6. The normalized spacial score (nSPS) is 9.83. The Hall–Kier alpha value is -0.424. The molecule has 0 heterocycles. The molecule has 11 heteroatoms. The summed E-state index contributed by atoms with van der Waals surface area (Å²) in [6.07, 6.45) is 1.39. The van der Waals surface area contributed by atoms with Crippen LogP contribution in [0, 0.1) is 10.1 Å². The van der Waals surface area contributed by atoms with Gasteiger partial charge >= 0.3 is 22.6 Å². The molecule has 0 saturated carbocycles. The standard InChI is InChI=1S/C8H17Cl2N3.C5H8O2.Co.HNO2/c9-1-6-13(7-2-10)8-5-12-4-3-11;1-4(6)3-5(2)7;;2-1-3/h11H,1-8H2;3,6H,1-2H3;;(H,2,3)/q-2;;+2;/p+1. The minimum Gasteiger partial charge on any atom is -0.679 e. The number of allylic oxidation sites excluding steroid dienone is 2. The van der Waals surface area contributed by atoms with Crippen LogP contribution in [0.5, 0.6) is 0 Å². The van der Waals surface area contributed by atoms with Crippen molar-refractivity contribution in [3.63, 3.8) is 0 Å². The predicted octanol–water partition coefficient (Wildman–Crippen LogP) is 2.62. The minimum atomic E-state index is 0. The molecule has 24 heavy (non-hydrogen) atoms. The zero-order valence-corrected chi connectivity index (χ0v) is 16.5. The molecule has 0 saturated heterocycles. The monoisotopic (exact) mass is 432 g/mol. The molecule has 0 aromatic carbocycles. The van der Waals surface area contributed by atoms with Gasteiger partial charge in [-0.15, -0.1) is 35.1 Å². The van der Waals surface area contributed by atoms with Gasteiger partial charge in [-0.25, -0.2) is 0 Å². The van der Waals surface area contributed by atoms with Crippen molar-refractivity contribution in [3.8, 4) is 0 Å². The second-order valence-corrected chi connectivity index (χ2v) is 4.94. The Kier molecular flexibility index (Phi) is 35.8. The van der Waals surface area contributed by atoms with Crippen molar-refractivity contribution in [2.45, 2.75) is 13.8 Å². The third kappa shape index (κ3) is 37.7. The summed E-state index contributed by atoms with van der Waals surface area (Å²) < 4.78 is 0. The molecule has 0 spiro atoms. The molecule has 0 amide bonds. The summed E-state index contributed by atoms with van der Waals surface area (Å²) in [6.45, 7) is 7.58. The van der Waals surface area contributed by atoms with E-state index in [4.69, 9.17) is 49.0 Å². The van der Waals surface area contributed by atoms with Crippen molar-refractivity contribution in [1.82, 2.24) is 4.90 Å². The van der Waals surface area contributed by atoms with Gasteiger partial charge in [-0.05, 0) is 6.54 Å². The number of nitrogens with zero attached hydrogens (tertiary/aromatic N) is 3. The van der Waals surface area contributed by atoms with Crippen LogP contribution in [0.4, 0.5) is 0 Å². The number of hydrogen-bond donors (Lipinski definition) is 0. The van der Waals surface area contributed by atoms with Crippen molar-refractivity contribution >= 4 is 29.0 Å². The average Bonchev–Trinajstić information content (AvgIpc) is 2.44. The molecule has 0 unspecified atom stereocenters. The van der Waals surface area contributed by atoms with Crippen molar-refractivity contribution in [1.29, 1.82) is 0 Å². The molecule has 0 rings (SSSR count). The first-order chi connectivity index (χ1) is 10.9. The fourth-order valence-electron chi connectivity index (χ4n) is 1.29. The van der Waals surface area contributed by atoms with Crippen LogP contribution in [-0.2, 0) is 16.8 Å². The second kappa shape index (κ2) is 27.4. The maximum atomic E-state index is 8.44.